The molecule has 0 aliphatic heterocycles. The van der Waals surface area contributed by atoms with Crippen LogP contribution in [0.1, 0.15) is 36.9 Å². The average molecular weight is 366 g/mol. The van der Waals surface area contributed by atoms with Crippen LogP contribution in [0.3, 0.4) is 0 Å². The first-order valence-corrected chi connectivity index (χ1v) is 9.17. The molecular formula is C15H21F3N2O3S. The van der Waals surface area contributed by atoms with Gasteiger partial charge in [0.15, 0.2) is 0 Å². The van der Waals surface area contributed by atoms with Crippen molar-refractivity contribution in [2.75, 3.05) is 19.8 Å². The van der Waals surface area contributed by atoms with Crippen LogP contribution < -0.4 is 5.32 Å². The summed E-state index contributed by atoms with van der Waals surface area (Å²) in [6.45, 7) is 1.45. The highest BCUT2D eigenvalue weighted by Gasteiger charge is 2.31. The Labute approximate surface area is 139 Å². The van der Waals surface area contributed by atoms with Gasteiger partial charge < -0.3 is 5.32 Å². The van der Waals surface area contributed by atoms with E-state index in [1.54, 1.807) is 0 Å². The molecule has 136 valence electrons. The molecule has 0 aliphatic carbocycles. The summed E-state index contributed by atoms with van der Waals surface area (Å²) in [5.74, 6) is -0.571. The third kappa shape index (κ3) is 6.12. The highest BCUT2D eigenvalue weighted by molar-refractivity contribution is 7.88. The van der Waals surface area contributed by atoms with E-state index in [4.69, 9.17) is 0 Å². The molecule has 1 amide bonds. The topological polar surface area (TPSA) is 66.5 Å². The summed E-state index contributed by atoms with van der Waals surface area (Å²) in [4.78, 5) is 12.0. The van der Waals surface area contributed by atoms with Crippen LogP contribution in [0, 0.1) is 0 Å². The molecule has 1 N–H and O–H groups in total. The standard InChI is InChI=1S/C15H21F3N2O3S/c1-4-6-13(19-14(21)10-20(2)24(3,22)23)11-7-5-8-12(9-11)15(16,17)18/h5,7-9,13H,4,6,10H2,1-3H3,(H,19,21). The summed E-state index contributed by atoms with van der Waals surface area (Å²) < 4.78 is 62.0. The largest absolute Gasteiger partial charge is 0.416 e. The Morgan fingerprint density at radius 1 is 1.33 bits per heavy atom. The summed E-state index contributed by atoms with van der Waals surface area (Å²) >= 11 is 0. The highest BCUT2D eigenvalue weighted by atomic mass is 32.2. The zero-order valence-electron chi connectivity index (χ0n) is 13.7. The van der Waals surface area contributed by atoms with Crippen LogP contribution in [0.4, 0.5) is 13.2 Å². The molecule has 0 aliphatic rings. The number of likely N-dealkylation sites (N-methyl/N-ethyl adjacent to an activating group) is 1. The molecule has 9 heteroatoms. The van der Waals surface area contributed by atoms with Gasteiger partial charge in [-0.25, -0.2) is 8.42 Å². The second-order valence-electron chi connectivity index (χ2n) is 5.55. The quantitative estimate of drug-likeness (QED) is 0.807. The van der Waals surface area contributed by atoms with E-state index >= 15 is 0 Å². The van der Waals surface area contributed by atoms with Gasteiger partial charge >= 0.3 is 6.18 Å². The average Bonchev–Trinajstić information content (AvgIpc) is 2.45. The van der Waals surface area contributed by atoms with E-state index in [-0.39, 0.29) is 0 Å². The second kappa shape index (κ2) is 7.98. The van der Waals surface area contributed by atoms with Crippen LogP contribution in [0.15, 0.2) is 24.3 Å². The molecule has 1 rings (SSSR count). The van der Waals surface area contributed by atoms with Gasteiger partial charge in [0.05, 0.1) is 24.4 Å². The van der Waals surface area contributed by atoms with E-state index in [0.717, 1.165) is 22.7 Å². The minimum Gasteiger partial charge on any atom is -0.348 e. The van der Waals surface area contributed by atoms with Gasteiger partial charge in [-0.1, -0.05) is 25.5 Å². The third-order valence-corrected chi connectivity index (χ3v) is 4.72. The summed E-state index contributed by atoms with van der Waals surface area (Å²) in [6.07, 6.45) is -2.41. The van der Waals surface area contributed by atoms with Crippen LogP contribution in [-0.4, -0.2) is 38.5 Å². The minimum atomic E-state index is -4.46. The molecule has 1 aromatic carbocycles. The van der Waals surface area contributed by atoms with Gasteiger partial charge in [0.1, 0.15) is 0 Å². The van der Waals surface area contributed by atoms with Crippen LogP contribution in [0.2, 0.25) is 0 Å². The fraction of sp³-hybridized carbons (Fsp3) is 0.533. The first-order valence-electron chi connectivity index (χ1n) is 7.33. The van der Waals surface area contributed by atoms with E-state index in [9.17, 15) is 26.4 Å². The van der Waals surface area contributed by atoms with Crippen molar-refractivity contribution in [3.05, 3.63) is 35.4 Å². The molecule has 0 saturated heterocycles. The lowest BCUT2D eigenvalue weighted by atomic mass is 10.00. The van der Waals surface area contributed by atoms with Gasteiger partial charge in [-0.15, -0.1) is 0 Å². The van der Waals surface area contributed by atoms with Crippen LogP contribution in [-0.2, 0) is 21.0 Å². The lowest BCUT2D eigenvalue weighted by Gasteiger charge is -2.21. The maximum atomic E-state index is 12.8. The van der Waals surface area contributed by atoms with Crippen LogP contribution >= 0.6 is 0 Å². The van der Waals surface area contributed by atoms with E-state index < -0.39 is 40.3 Å². The van der Waals surface area contributed by atoms with E-state index in [1.165, 1.54) is 19.2 Å². The van der Waals surface area contributed by atoms with Crippen molar-refractivity contribution in [3.63, 3.8) is 0 Å². The summed E-state index contributed by atoms with van der Waals surface area (Å²) in [5, 5.41) is 2.60. The fourth-order valence-corrected chi connectivity index (χ4v) is 2.45. The molecule has 0 heterocycles. The van der Waals surface area contributed by atoms with E-state index in [1.807, 2.05) is 6.92 Å². The Balaban J connectivity index is 2.93. The predicted molar refractivity (Wildman–Crippen MR) is 84.7 cm³/mol. The molecule has 0 spiro atoms. The summed E-state index contributed by atoms with van der Waals surface area (Å²) in [7, 11) is -2.25. The number of sulfonamides is 1. The molecule has 1 atom stereocenters. The molecule has 0 radical (unpaired) electrons. The van der Waals surface area contributed by atoms with Crippen molar-refractivity contribution in [3.8, 4) is 0 Å². The zero-order chi connectivity index (χ0) is 18.5. The van der Waals surface area contributed by atoms with Crippen LogP contribution in [0.25, 0.3) is 0 Å². The Kier molecular flexibility index (Phi) is 6.79. The molecule has 0 fully saturated rings. The Hall–Kier alpha value is -1.61. The Bertz CT molecular complexity index is 675. The Morgan fingerprint density at radius 2 is 1.96 bits per heavy atom. The molecule has 0 aromatic heterocycles. The number of benzene rings is 1. The van der Waals surface area contributed by atoms with Gasteiger partial charge in [-0.2, -0.15) is 17.5 Å². The molecule has 0 bridgehead atoms. The lowest BCUT2D eigenvalue weighted by molar-refractivity contribution is -0.137. The maximum Gasteiger partial charge on any atom is 0.416 e. The highest BCUT2D eigenvalue weighted by Crippen LogP contribution is 2.31. The molecule has 1 aromatic rings. The number of amides is 1. The summed E-state index contributed by atoms with van der Waals surface area (Å²) in [5.41, 5.74) is -0.453. The molecule has 0 saturated carbocycles. The molecule has 1 unspecified atom stereocenters. The van der Waals surface area contributed by atoms with Crippen molar-refractivity contribution in [1.82, 2.24) is 9.62 Å². The number of rotatable bonds is 7. The fourth-order valence-electron chi connectivity index (χ4n) is 2.10. The van der Waals surface area contributed by atoms with E-state index in [0.29, 0.717) is 18.4 Å². The molecule has 24 heavy (non-hydrogen) atoms. The SMILES string of the molecule is CCCC(NC(=O)CN(C)S(C)(=O)=O)c1cccc(C(F)(F)F)c1. The lowest BCUT2D eigenvalue weighted by Crippen LogP contribution is -2.39. The number of alkyl halides is 3. The van der Waals surface area contributed by atoms with Crippen molar-refractivity contribution in [2.45, 2.75) is 32.0 Å². The number of halogens is 3. The second-order valence-corrected chi connectivity index (χ2v) is 7.64. The minimum absolute atomic E-state index is 0.335. The predicted octanol–water partition coefficient (Wildman–Crippen LogP) is 2.55. The molecule has 5 nitrogen and oxygen atoms in total. The monoisotopic (exact) mass is 366 g/mol. The molecular weight excluding hydrogens is 345 g/mol. The number of carbonyl (C=O) groups is 1. The van der Waals surface area contributed by atoms with Gasteiger partial charge in [0.2, 0.25) is 15.9 Å². The zero-order valence-corrected chi connectivity index (χ0v) is 14.5. The normalized spacial score (nSPS) is 13.8. The van der Waals surface area contributed by atoms with Crippen LogP contribution in [0.5, 0.6) is 0 Å². The Morgan fingerprint density at radius 3 is 2.46 bits per heavy atom. The van der Waals surface area contributed by atoms with Gasteiger partial charge in [0, 0.05) is 7.05 Å². The van der Waals surface area contributed by atoms with Crippen molar-refractivity contribution in [1.29, 1.82) is 0 Å². The number of hydrogen-bond acceptors (Lipinski definition) is 3. The van der Waals surface area contributed by atoms with Crippen molar-refractivity contribution >= 4 is 15.9 Å². The first-order chi connectivity index (χ1) is 10.9. The maximum absolute atomic E-state index is 12.8. The van der Waals surface area contributed by atoms with Gasteiger partial charge in [-0.3, -0.25) is 4.79 Å². The van der Waals surface area contributed by atoms with Crippen molar-refractivity contribution < 1.29 is 26.4 Å². The van der Waals surface area contributed by atoms with Gasteiger partial charge in [0.25, 0.3) is 0 Å². The third-order valence-electron chi connectivity index (χ3n) is 3.46. The summed E-state index contributed by atoms with van der Waals surface area (Å²) in [6, 6.07) is 4.15. The van der Waals surface area contributed by atoms with E-state index in [2.05, 4.69) is 5.32 Å². The smallest absolute Gasteiger partial charge is 0.348 e. The van der Waals surface area contributed by atoms with Crippen molar-refractivity contribution in [2.24, 2.45) is 0 Å². The number of nitrogens with zero attached hydrogens (tertiary/aromatic N) is 1. The van der Waals surface area contributed by atoms with Gasteiger partial charge in [-0.05, 0) is 24.1 Å². The number of nitrogens with one attached hydrogen (secondary N) is 1. The first kappa shape index (κ1) is 20.4. The number of carbonyl (C=O) groups excluding carboxylic acids is 1. The number of hydrogen-bond donors (Lipinski definition) is 1.